The lowest BCUT2D eigenvalue weighted by atomic mass is 10.0. The quantitative estimate of drug-likeness (QED) is 0.474. The van der Waals surface area contributed by atoms with Gasteiger partial charge in [0, 0.05) is 11.1 Å². The molecule has 0 fully saturated rings. The van der Waals surface area contributed by atoms with Crippen molar-refractivity contribution in [1.82, 2.24) is 0 Å². The van der Waals surface area contributed by atoms with E-state index in [1.807, 2.05) is 0 Å². The van der Waals surface area contributed by atoms with Crippen molar-refractivity contribution in [3.05, 3.63) is 36.4 Å². The van der Waals surface area contributed by atoms with Crippen LogP contribution in [0, 0.1) is 0 Å². The van der Waals surface area contributed by atoms with Gasteiger partial charge in [0.05, 0.1) is 11.4 Å². The fourth-order valence-electron chi connectivity index (χ4n) is 2.01. The van der Waals surface area contributed by atoms with E-state index in [1.165, 1.54) is 18.2 Å². The van der Waals surface area contributed by atoms with Gasteiger partial charge in [0.25, 0.3) is 20.2 Å². The summed E-state index contributed by atoms with van der Waals surface area (Å²) in [5.41, 5.74) is 10.6. The first kappa shape index (κ1) is 16.2. The summed E-state index contributed by atoms with van der Waals surface area (Å²) in [5.74, 6) is 0. The fraction of sp³-hybridized carbons (Fsp3) is 0. The van der Waals surface area contributed by atoms with Gasteiger partial charge in [-0.05, 0) is 18.2 Å². The average molecular weight is 344 g/mol. The number of nitrogens with two attached hydrogens (primary N) is 2. The molecule has 0 aliphatic rings. The lowest BCUT2D eigenvalue weighted by Gasteiger charge is -2.15. The lowest BCUT2D eigenvalue weighted by molar-refractivity contribution is 0.480. The topological polar surface area (TPSA) is 161 Å². The molecule has 0 aliphatic heterocycles. The van der Waals surface area contributed by atoms with Crippen molar-refractivity contribution >= 4 is 31.6 Å². The Morgan fingerprint density at radius 3 is 1.86 bits per heavy atom. The van der Waals surface area contributed by atoms with Crippen LogP contribution in [0.25, 0.3) is 11.1 Å². The zero-order valence-corrected chi connectivity index (χ0v) is 12.6. The molecule has 22 heavy (non-hydrogen) atoms. The summed E-state index contributed by atoms with van der Waals surface area (Å²) >= 11 is 0. The number of rotatable bonds is 3. The minimum atomic E-state index is -4.70. The summed E-state index contributed by atoms with van der Waals surface area (Å²) in [6, 6.07) is 7.22. The molecule has 0 bridgehead atoms. The molecule has 0 aliphatic carbocycles. The molecule has 0 amide bonds. The third-order valence-electron chi connectivity index (χ3n) is 2.95. The van der Waals surface area contributed by atoms with Crippen molar-refractivity contribution in [2.24, 2.45) is 0 Å². The molecular weight excluding hydrogens is 332 g/mol. The molecule has 2 aromatic rings. The SMILES string of the molecule is Nc1ccc(S(=O)(=O)O)c(-c2ccccc2S(=O)(=O)O)c1N. The van der Waals surface area contributed by atoms with E-state index in [1.54, 1.807) is 0 Å². The highest BCUT2D eigenvalue weighted by atomic mass is 32.2. The summed E-state index contributed by atoms with van der Waals surface area (Å²) in [4.78, 5) is -1.17. The summed E-state index contributed by atoms with van der Waals surface area (Å²) < 4.78 is 64.5. The van der Waals surface area contributed by atoms with E-state index in [4.69, 9.17) is 11.5 Å². The third-order valence-corrected chi connectivity index (χ3v) is 4.76. The molecule has 0 saturated heterocycles. The van der Waals surface area contributed by atoms with Crippen LogP contribution in [0.1, 0.15) is 0 Å². The van der Waals surface area contributed by atoms with Gasteiger partial charge in [0.2, 0.25) is 0 Å². The third kappa shape index (κ3) is 2.90. The maximum Gasteiger partial charge on any atom is 0.295 e. The predicted octanol–water partition coefficient (Wildman–Crippen LogP) is 1.01. The van der Waals surface area contributed by atoms with Gasteiger partial charge in [0.1, 0.15) is 9.79 Å². The smallest absolute Gasteiger partial charge is 0.295 e. The summed E-state index contributed by atoms with van der Waals surface area (Å²) in [6.07, 6.45) is 0. The first-order valence-electron chi connectivity index (χ1n) is 5.76. The Kier molecular flexibility index (Phi) is 3.87. The van der Waals surface area contributed by atoms with Gasteiger partial charge in [-0.25, -0.2) is 0 Å². The van der Waals surface area contributed by atoms with Crippen LogP contribution < -0.4 is 11.5 Å². The highest BCUT2D eigenvalue weighted by Crippen LogP contribution is 2.39. The van der Waals surface area contributed by atoms with Gasteiger partial charge in [-0.15, -0.1) is 0 Å². The van der Waals surface area contributed by atoms with Crippen molar-refractivity contribution in [3.63, 3.8) is 0 Å². The first-order chi connectivity index (χ1) is 10.0. The molecule has 2 rings (SSSR count). The standard InChI is InChI=1S/C12H12N2O6S2/c13-8-5-6-10(22(18,19)20)11(12(8)14)7-3-1-2-4-9(7)21(15,16)17/h1-6H,13-14H2,(H,15,16,17)(H,18,19,20). The minimum absolute atomic E-state index is 0.00691. The fourth-order valence-corrected chi connectivity index (χ4v) is 3.42. The Balaban J connectivity index is 3.00. The molecule has 0 saturated carbocycles. The molecule has 0 spiro atoms. The van der Waals surface area contributed by atoms with E-state index in [0.29, 0.717) is 0 Å². The molecule has 2 aromatic carbocycles. The molecule has 0 radical (unpaired) electrons. The average Bonchev–Trinajstić information content (AvgIpc) is 2.39. The van der Waals surface area contributed by atoms with E-state index >= 15 is 0 Å². The number of hydrogen-bond donors (Lipinski definition) is 4. The van der Waals surface area contributed by atoms with E-state index in [9.17, 15) is 25.9 Å². The zero-order valence-electron chi connectivity index (χ0n) is 11.0. The Bertz CT molecular complexity index is 952. The number of hydrogen-bond acceptors (Lipinski definition) is 6. The maximum absolute atomic E-state index is 11.5. The second-order valence-corrected chi connectivity index (χ2v) is 7.17. The van der Waals surface area contributed by atoms with Crippen molar-refractivity contribution < 1.29 is 25.9 Å². The Morgan fingerprint density at radius 1 is 0.773 bits per heavy atom. The van der Waals surface area contributed by atoms with Crippen LogP contribution in [0.2, 0.25) is 0 Å². The molecule has 0 atom stereocenters. The number of benzene rings is 2. The molecule has 8 nitrogen and oxygen atoms in total. The highest BCUT2D eigenvalue weighted by Gasteiger charge is 2.25. The van der Waals surface area contributed by atoms with Crippen molar-refractivity contribution in [2.75, 3.05) is 11.5 Å². The molecule has 10 heteroatoms. The van der Waals surface area contributed by atoms with Gasteiger partial charge in [-0.3, -0.25) is 9.11 Å². The Morgan fingerprint density at radius 2 is 1.32 bits per heavy atom. The van der Waals surface area contributed by atoms with Gasteiger partial charge in [0.15, 0.2) is 0 Å². The van der Waals surface area contributed by atoms with Crippen LogP contribution in [-0.4, -0.2) is 25.9 Å². The summed E-state index contributed by atoms with van der Waals surface area (Å²) in [7, 11) is -9.34. The van der Waals surface area contributed by atoms with E-state index < -0.39 is 30.0 Å². The van der Waals surface area contributed by atoms with Crippen molar-refractivity contribution in [3.8, 4) is 11.1 Å². The highest BCUT2D eigenvalue weighted by molar-refractivity contribution is 7.86. The van der Waals surface area contributed by atoms with Crippen LogP contribution in [0.4, 0.5) is 11.4 Å². The Hall–Kier alpha value is -2.14. The molecule has 0 unspecified atom stereocenters. The Labute approximate surface area is 126 Å². The largest absolute Gasteiger partial charge is 0.397 e. The van der Waals surface area contributed by atoms with Gasteiger partial charge in [-0.1, -0.05) is 18.2 Å². The van der Waals surface area contributed by atoms with E-state index in [2.05, 4.69) is 0 Å². The molecule has 118 valence electrons. The molecule has 6 N–H and O–H groups in total. The molecule has 0 aromatic heterocycles. The lowest BCUT2D eigenvalue weighted by Crippen LogP contribution is -2.08. The maximum atomic E-state index is 11.5. The number of anilines is 2. The molecular formula is C12H12N2O6S2. The minimum Gasteiger partial charge on any atom is -0.397 e. The monoisotopic (exact) mass is 344 g/mol. The van der Waals surface area contributed by atoms with Gasteiger partial charge >= 0.3 is 0 Å². The van der Waals surface area contributed by atoms with Crippen LogP contribution >= 0.6 is 0 Å². The number of nitrogen functional groups attached to an aromatic ring is 2. The van der Waals surface area contributed by atoms with Crippen LogP contribution in [-0.2, 0) is 20.2 Å². The zero-order chi connectivity index (χ0) is 16.7. The first-order valence-corrected chi connectivity index (χ1v) is 8.64. The van der Waals surface area contributed by atoms with Crippen LogP contribution in [0.5, 0.6) is 0 Å². The normalized spacial score (nSPS) is 12.3. The van der Waals surface area contributed by atoms with Crippen molar-refractivity contribution in [2.45, 2.75) is 9.79 Å². The summed E-state index contributed by atoms with van der Waals surface area (Å²) in [6.45, 7) is 0. The van der Waals surface area contributed by atoms with E-state index in [-0.39, 0.29) is 22.5 Å². The predicted molar refractivity (Wildman–Crippen MR) is 80.3 cm³/mol. The molecule has 0 heterocycles. The second kappa shape index (κ2) is 5.25. The van der Waals surface area contributed by atoms with Gasteiger partial charge in [-0.2, -0.15) is 16.8 Å². The van der Waals surface area contributed by atoms with Crippen LogP contribution in [0.3, 0.4) is 0 Å². The van der Waals surface area contributed by atoms with Gasteiger partial charge < -0.3 is 11.5 Å². The summed E-state index contributed by atoms with van der Waals surface area (Å²) in [5, 5.41) is 0. The van der Waals surface area contributed by atoms with Crippen LogP contribution in [0.15, 0.2) is 46.2 Å². The van der Waals surface area contributed by atoms with E-state index in [0.717, 1.165) is 18.2 Å². The second-order valence-electron chi connectivity index (χ2n) is 4.39. The van der Waals surface area contributed by atoms with Crippen molar-refractivity contribution in [1.29, 1.82) is 0 Å².